The van der Waals surface area contributed by atoms with Crippen LogP contribution in [0.4, 0.5) is 18.9 Å². The first-order chi connectivity index (χ1) is 20.9. The number of nitrogens with zero attached hydrogens (tertiary/aromatic N) is 2. The third kappa shape index (κ3) is 8.52. The average Bonchev–Trinajstić information content (AvgIpc) is 3.22. The molecule has 242 valence electrons. The van der Waals surface area contributed by atoms with Gasteiger partial charge in [0.25, 0.3) is 0 Å². The van der Waals surface area contributed by atoms with Crippen molar-refractivity contribution in [2.45, 2.75) is 65.2 Å². The maximum atomic E-state index is 15.6. The maximum Gasteiger partial charge on any atom is 0.387 e. The fourth-order valence-corrected chi connectivity index (χ4v) is 8.19. The Morgan fingerprint density at radius 1 is 1.27 bits per heavy atom. The van der Waals surface area contributed by atoms with Gasteiger partial charge in [0, 0.05) is 53.4 Å². The molecule has 45 heavy (non-hydrogen) atoms. The summed E-state index contributed by atoms with van der Waals surface area (Å²) in [5.74, 6) is -1.59. The Bertz CT molecular complexity index is 1650. The molecule has 0 saturated heterocycles. The quantitative estimate of drug-likeness (QED) is 0.138. The minimum Gasteiger partial charge on any atom is -0.434 e. The number of carbonyl (C=O) groups is 1. The number of carbonyl (C=O) groups excluding carboxylic acids is 1. The first-order valence-corrected chi connectivity index (χ1v) is 17.1. The number of aryl methyl sites for hydroxylation is 1. The first-order valence-electron chi connectivity index (χ1n) is 14.1. The molecular formula is C33H38F3N2O5PS. The summed E-state index contributed by atoms with van der Waals surface area (Å²) in [7, 11) is 1.14. The van der Waals surface area contributed by atoms with E-state index in [0.717, 1.165) is 7.11 Å². The van der Waals surface area contributed by atoms with Gasteiger partial charge in [-0.1, -0.05) is 38.3 Å². The van der Waals surface area contributed by atoms with Crippen molar-refractivity contribution in [2.75, 3.05) is 7.11 Å². The summed E-state index contributed by atoms with van der Waals surface area (Å²) in [4.78, 5) is 31.4. The summed E-state index contributed by atoms with van der Waals surface area (Å²) in [6.07, 6.45) is 3.58. The van der Waals surface area contributed by atoms with Gasteiger partial charge >= 0.3 is 13.4 Å². The van der Waals surface area contributed by atoms with E-state index in [-0.39, 0.29) is 34.3 Å². The summed E-state index contributed by atoms with van der Waals surface area (Å²) in [5.41, 5.74) is 3.79. The highest BCUT2D eigenvalue weighted by Gasteiger charge is 2.37. The molecule has 2 aromatic carbocycles. The number of ether oxygens (including phenoxy) is 1. The molecule has 2 aromatic rings. The Morgan fingerprint density at radius 3 is 2.51 bits per heavy atom. The van der Waals surface area contributed by atoms with Gasteiger partial charge in [-0.05, 0) is 87.2 Å². The van der Waals surface area contributed by atoms with Gasteiger partial charge in [0.1, 0.15) is 11.6 Å². The van der Waals surface area contributed by atoms with E-state index in [1.807, 2.05) is 6.92 Å². The molecule has 0 amide bonds. The van der Waals surface area contributed by atoms with Crippen molar-refractivity contribution >= 4 is 47.1 Å². The van der Waals surface area contributed by atoms with Gasteiger partial charge in [-0.25, -0.2) is 8.96 Å². The van der Waals surface area contributed by atoms with Crippen molar-refractivity contribution in [1.29, 1.82) is 0 Å². The van der Waals surface area contributed by atoms with Gasteiger partial charge in [0.15, 0.2) is 5.78 Å². The summed E-state index contributed by atoms with van der Waals surface area (Å²) in [6.45, 7) is 11.3. The molecule has 1 aliphatic rings. The molecular weight excluding hydrogens is 624 g/mol. The van der Waals surface area contributed by atoms with Crippen LogP contribution in [0.2, 0.25) is 0 Å². The molecule has 0 aromatic heterocycles. The van der Waals surface area contributed by atoms with E-state index in [4.69, 9.17) is 9.73 Å². The molecule has 1 aliphatic carbocycles. The molecule has 1 saturated carbocycles. The summed E-state index contributed by atoms with van der Waals surface area (Å²) in [6, 6.07) is 7.43. The molecule has 0 bridgehead atoms. The predicted molar refractivity (Wildman–Crippen MR) is 177 cm³/mol. The lowest BCUT2D eigenvalue weighted by atomic mass is 9.88. The maximum absolute atomic E-state index is 15.6. The van der Waals surface area contributed by atoms with Crippen LogP contribution in [0.25, 0.3) is 5.57 Å². The molecule has 3 atom stereocenters. The van der Waals surface area contributed by atoms with E-state index < -0.39 is 29.9 Å². The van der Waals surface area contributed by atoms with Crippen LogP contribution in [0.15, 0.2) is 70.8 Å². The van der Waals surface area contributed by atoms with Crippen LogP contribution >= 0.6 is 18.2 Å². The molecule has 0 spiro atoms. The number of hydrogen-bond acceptors (Lipinski definition) is 7. The molecule has 12 heteroatoms. The average molecular weight is 663 g/mol. The molecule has 0 radical (unpaired) electrons. The van der Waals surface area contributed by atoms with Crippen LogP contribution in [0, 0.1) is 18.7 Å². The Morgan fingerprint density at radius 2 is 1.93 bits per heavy atom. The topological polar surface area (TPSA) is 97.6 Å². The minimum atomic E-state index is -3.90. The second-order valence-corrected chi connectivity index (χ2v) is 15.6. The third-order valence-electron chi connectivity index (χ3n) is 7.59. The van der Waals surface area contributed by atoms with Gasteiger partial charge in [0.05, 0.1) is 10.4 Å². The summed E-state index contributed by atoms with van der Waals surface area (Å²) < 4.78 is 62.6. The van der Waals surface area contributed by atoms with Gasteiger partial charge < -0.3 is 14.2 Å². The molecule has 1 fully saturated rings. The second kappa shape index (κ2) is 14.5. The Kier molecular flexibility index (Phi) is 11.6. The SMILES string of the molecule is C=C1C(=Nc2cc(F)c(/C(C=NC(=C)C(C)(C)SP(=O)(O)OC)=C/C)cc2C)[C@@H](C)C[C@H]1c1c(OC(F)F)cccc1C(C)=O. The van der Waals surface area contributed by atoms with E-state index >= 15 is 4.39 Å². The molecule has 0 heterocycles. The number of allylic oxidation sites excluding steroid dienone is 3. The predicted octanol–water partition coefficient (Wildman–Crippen LogP) is 9.64. The standard InChI is InChI=1S/C33H38F3N2O5PS/c1-10-23(17-37-22(6)33(7,8)45-44(40,41)42-9)26-14-18(2)28(16-27(26)34)38-31-19(3)15-25(20(31)4)30-24(21(5)39)12-11-13-29(30)43-32(35)36/h10-14,16-17,19,25,32H,4,6,15H2,1-3,5,7-9H3,(H,40,41)/b23-10+,37-17?,38-31?/t19-,25+/m0/s1. The molecule has 1 unspecified atom stereocenters. The van der Waals surface area contributed by atoms with Crippen LogP contribution in [0.3, 0.4) is 0 Å². The smallest absolute Gasteiger partial charge is 0.387 e. The fraction of sp³-hybridized carbons (Fsp3) is 0.364. The molecule has 0 aliphatic heterocycles. The molecule has 7 nitrogen and oxygen atoms in total. The van der Waals surface area contributed by atoms with Crippen LogP contribution in [-0.4, -0.2) is 41.1 Å². The number of Topliss-reactive ketones (excluding diaryl/α,β-unsaturated/α-hetero) is 1. The lowest BCUT2D eigenvalue weighted by molar-refractivity contribution is -0.0506. The van der Waals surface area contributed by atoms with E-state index in [1.54, 1.807) is 45.9 Å². The number of ketones is 1. The van der Waals surface area contributed by atoms with E-state index in [0.29, 0.717) is 51.5 Å². The van der Waals surface area contributed by atoms with E-state index in [2.05, 4.69) is 22.7 Å². The zero-order valence-corrected chi connectivity index (χ0v) is 28.1. The summed E-state index contributed by atoms with van der Waals surface area (Å²) in [5, 5.41) is 0. The lowest BCUT2D eigenvalue weighted by Gasteiger charge is -2.25. The van der Waals surface area contributed by atoms with Crippen LogP contribution in [0.1, 0.15) is 74.0 Å². The first kappa shape index (κ1) is 36.2. The Balaban J connectivity index is 1.95. The highest BCUT2D eigenvalue weighted by Crippen LogP contribution is 2.62. The van der Waals surface area contributed by atoms with Crippen molar-refractivity contribution in [1.82, 2.24) is 0 Å². The summed E-state index contributed by atoms with van der Waals surface area (Å²) >= 11 is 0.697. The normalized spacial score (nSPS) is 19.9. The molecule has 3 rings (SSSR count). The van der Waals surface area contributed by atoms with Gasteiger partial charge in [-0.15, -0.1) is 0 Å². The number of aliphatic imine (C=N–C) groups is 2. The van der Waals surface area contributed by atoms with Crippen molar-refractivity contribution in [3.63, 3.8) is 0 Å². The number of alkyl halides is 2. The van der Waals surface area contributed by atoms with Crippen molar-refractivity contribution in [3.05, 3.63) is 88.9 Å². The van der Waals surface area contributed by atoms with Gasteiger partial charge in [-0.3, -0.25) is 14.8 Å². The number of benzene rings is 2. The van der Waals surface area contributed by atoms with Gasteiger partial charge in [-0.2, -0.15) is 8.78 Å². The third-order valence-corrected chi connectivity index (χ3v) is 11.5. The molecule has 1 N–H and O–H groups in total. The number of halogens is 3. The highest BCUT2D eigenvalue weighted by atomic mass is 32.7. The number of hydrogen-bond donors (Lipinski definition) is 1. The van der Waals surface area contributed by atoms with Crippen molar-refractivity contribution in [3.8, 4) is 5.75 Å². The van der Waals surface area contributed by atoms with Crippen molar-refractivity contribution in [2.24, 2.45) is 15.9 Å². The Labute approximate surface area is 266 Å². The Hall–Kier alpha value is -3.24. The zero-order chi connectivity index (χ0) is 33.9. The van der Waals surface area contributed by atoms with Crippen LogP contribution < -0.4 is 4.74 Å². The van der Waals surface area contributed by atoms with Gasteiger partial charge in [0.2, 0.25) is 0 Å². The number of rotatable bonds is 12. The lowest BCUT2D eigenvalue weighted by Crippen LogP contribution is -2.16. The van der Waals surface area contributed by atoms with E-state index in [9.17, 15) is 23.0 Å². The highest BCUT2D eigenvalue weighted by molar-refractivity contribution is 8.55. The van der Waals surface area contributed by atoms with Crippen LogP contribution in [-0.2, 0) is 9.09 Å². The fourth-order valence-electron chi connectivity index (χ4n) is 5.11. The monoisotopic (exact) mass is 662 g/mol. The minimum absolute atomic E-state index is 0.0850. The zero-order valence-electron chi connectivity index (χ0n) is 26.4. The van der Waals surface area contributed by atoms with Crippen LogP contribution in [0.5, 0.6) is 5.75 Å². The second-order valence-electron chi connectivity index (χ2n) is 11.2. The van der Waals surface area contributed by atoms with Crippen molar-refractivity contribution < 1.29 is 36.7 Å². The van der Waals surface area contributed by atoms with E-state index in [1.165, 1.54) is 31.3 Å². The largest absolute Gasteiger partial charge is 0.434 e.